The van der Waals surface area contributed by atoms with E-state index in [2.05, 4.69) is 48.6 Å². The Bertz CT molecular complexity index is 564. The molecule has 0 heterocycles. The van der Waals surface area contributed by atoms with Gasteiger partial charge in [-0.15, -0.1) is 0 Å². The molecule has 2 N–H and O–H groups in total. The molecule has 25 heavy (non-hydrogen) atoms. The fourth-order valence-electron chi connectivity index (χ4n) is 3.10. The molecule has 0 radical (unpaired) electrons. The molecule has 0 spiro atoms. The molecule has 2 heteroatoms. The highest BCUT2D eigenvalue weighted by atomic mass is 16.3. The minimum atomic E-state index is -0.102. The van der Waals surface area contributed by atoms with Crippen LogP contribution in [0.15, 0.2) is 54.6 Å². The lowest BCUT2D eigenvalue weighted by atomic mass is 10.0. The van der Waals surface area contributed by atoms with Crippen LogP contribution in [0.2, 0.25) is 0 Å². The van der Waals surface area contributed by atoms with Gasteiger partial charge in [0.15, 0.2) is 0 Å². The van der Waals surface area contributed by atoms with Gasteiger partial charge < -0.3 is 10.4 Å². The molecule has 0 saturated heterocycles. The first-order valence-corrected chi connectivity index (χ1v) is 9.87. The predicted molar refractivity (Wildman–Crippen MR) is 108 cm³/mol. The van der Waals surface area contributed by atoms with Crippen molar-refractivity contribution in [3.8, 4) is 0 Å². The van der Waals surface area contributed by atoms with E-state index in [1.165, 1.54) is 31.2 Å². The van der Waals surface area contributed by atoms with Gasteiger partial charge >= 0.3 is 0 Å². The number of hydrogen-bond donors (Lipinski definition) is 2. The lowest BCUT2D eigenvalue weighted by Gasteiger charge is -2.10. The molecule has 0 aliphatic rings. The second kappa shape index (κ2) is 11.7. The lowest BCUT2D eigenvalue weighted by Crippen LogP contribution is -2.06. The predicted octanol–water partition coefficient (Wildman–Crippen LogP) is 6.47. The molecule has 136 valence electrons. The molecule has 2 rings (SSSR count). The van der Waals surface area contributed by atoms with E-state index in [1.807, 2.05) is 18.2 Å². The van der Waals surface area contributed by atoms with Gasteiger partial charge in [-0.25, -0.2) is 0 Å². The first-order valence-electron chi connectivity index (χ1n) is 9.87. The van der Waals surface area contributed by atoms with Crippen molar-refractivity contribution in [1.29, 1.82) is 0 Å². The van der Waals surface area contributed by atoms with Crippen LogP contribution in [0.4, 0.5) is 11.4 Å². The highest BCUT2D eigenvalue weighted by Crippen LogP contribution is 2.18. The molecule has 1 atom stereocenters. The van der Waals surface area contributed by atoms with Crippen molar-refractivity contribution in [3.05, 3.63) is 60.2 Å². The van der Waals surface area contributed by atoms with Gasteiger partial charge in [0.2, 0.25) is 0 Å². The molecule has 0 saturated carbocycles. The van der Waals surface area contributed by atoms with Crippen molar-refractivity contribution in [3.63, 3.8) is 0 Å². The SMILES string of the molecule is CCCCCCC(O)CCCCc1ccc(Nc2ccccc2)cc1. The summed E-state index contributed by atoms with van der Waals surface area (Å²) in [6.07, 6.45) is 10.2. The number of aliphatic hydroxyl groups excluding tert-OH is 1. The summed E-state index contributed by atoms with van der Waals surface area (Å²) in [6, 6.07) is 18.9. The van der Waals surface area contributed by atoms with Crippen molar-refractivity contribution in [2.45, 2.75) is 70.8 Å². The van der Waals surface area contributed by atoms with Crippen molar-refractivity contribution in [1.82, 2.24) is 0 Å². The number of benzene rings is 2. The van der Waals surface area contributed by atoms with E-state index in [0.29, 0.717) is 0 Å². The summed E-state index contributed by atoms with van der Waals surface area (Å²) in [5.41, 5.74) is 3.61. The highest BCUT2D eigenvalue weighted by molar-refractivity contribution is 5.59. The first kappa shape index (κ1) is 19.5. The summed E-state index contributed by atoms with van der Waals surface area (Å²) in [5, 5.41) is 13.4. The Kier molecular flexibility index (Phi) is 9.14. The largest absolute Gasteiger partial charge is 0.393 e. The number of nitrogens with one attached hydrogen (secondary N) is 1. The molecule has 0 bridgehead atoms. The van der Waals surface area contributed by atoms with E-state index in [9.17, 15) is 5.11 Å². The fraction of sp³-hybridized carbons (Fsp3) is 0.478. The van der Waals surface area contributed by atoms with Gasteiger partial charge in [0.25, 0.3) is 0 Å². The molecule has 2 aromatic rings. The maximum Gasteiger partial charge on any atom is 0.0540 e. The van der Waals surface area contributed by atoms with Crippen molar-refractivity contribution < 1.29 is 5.11 Å². The Morgan fingerprint density at radius 3 is 2.08 bits per heavy atom. The Balaban J connectivity index is 1.61. The molecule has 0 amide bonds. The number of rotatable bonds is 12. The normalized spacial score (nSPS) is 12.1. The fourth-order valence-corrected chi connectivity index (χ4v) is 3.10. The molecule has 1 unspecified atom stereocenters. The van der Waals surface area contributed by atoms with Gasteiger partial charge in [0.1, 0.15) is 0 Å². The molecule has 0 fully saturated rings. The number of hydrogen-bond acceptors (Lipinski definition) is 2. The average molecular weight is 340 g/mol. The van der Waals surface area contributed by atoms with E-state index in [-0.39, 0.29) is 6.10 Å². The van der Waals surface area contributed by atoms with Crippen LogP contribution in [0.1, 0.15) is 63.9 Å². The molecule has 2 nitrogen and oxygen atoms in total. The number of anilines is 2. The third-order valence-corrected chi connectivity index (χ3v) is 4.66. The summed E-state index contributed by atoms with van der Waals surface area (Å²) < 4.78 is 0. The van der Waals surface area contributed by atoms with E-state index in [0.717, 1.165) is 43.5 Å². The maximum absolute atomic E-state index is 10.0. The van der Waals surface area contributed by atoms with Crippen LogP contribution in [0, 0.1) is 0 Å². The highest BCUT2D eigenvalue weighted by Gasteiger charge is 2.04. The Labute approximate surface area is 153 Å². The van der Waals surface area contributed by atoms with Crippen LogP contribution in [-0.2, 0) is 6.42 Å². The van der Waals surface area contributed by atoms with Gasteiger partial charge in [0, 0.05) is 11.4 Å². The summed E-state index contributed by atoms with van der Waals surface area (Å²) >= 11 is 0. The Hall–Kier alpha value is -1.80. The van der Waals surface area contributed by atoms with Gasteiger partial charge in [-0.3, -0.25) is 0 Å². The van der Waals surface area contributed by atoms with Crippen LogP contribution < -0.4 is 5.32 Å². The summed E-state index contributed by atoms with van der Waals surface area (Å²) in [7, 11) is 0. The van der Waals surface area contributed by atoms with E-state index in [4.69, 9.17) is 0 Å². The maximum atomic E-state index is 10.0. The Morgan fingerprint density at radius 2 is 1.40 bits per heavy atom. The van der Waals surface area contributed by atoms with Gasteiger partial charge in [-0.05, 0) is 55.5 Å². The molecule has 0 aromatic heterocycles. The third kappa shape index (κ3) is 8.22. The average Bonchev–Trinajstić information content (AvgIpc) is 2.65. The summed E-state index contributed by atoms with van der Waals surface area (Å²) in [6.45, 7) is 2.22. The zero-order valence-corrected chi connectivity index (χ0v) is 15.6. The summed E-state index contributed by atoms with van der Waals surface area (Å²) in [5.74, 6) is 0. The quantitative estimate of drug-likeness (QED) is 0.434. The van der Waals surface area contributed by atoms with Crippen LogP contribution in [0.3, 0.4) is 0 Å². The number of para-hydroxylation sites is 1. The van der Waals surface area contributed by atoms with Crippen molar-refractivity contribution >= 4 is 11.4 Å². The van der Waals surface area contributed by atoms with Crippen molar-refractivity contribution in [2.24, 2.45) is 0 Å². The van der Waals surface area contributed by atoms with Gasteiger partial charge in [-0.1, -0.05) is 69.4 Å². The van der Waals surface area contributed by atoms with Crippen LogP contribution in [0.5, 0.6) is 0 Å². The molecule has 0 aliphatic carbocycles. The van der Waals surface area contributed by atoms with Crippen molar-refractivity contribution in [2.75, 3.05) is 5.32 Å². The second-order valence-electron chi connectivity index (χ2n) is 6.94. The zero-order chi connectivity index (χ0) is 17.7. The number of aryl methyl sites for hydroxylation is 1. The molecule has 0 aliphatic heterocycles. The number of unbranched alkanes of at least 4 members (excludes halogenated alkanes) is 4. The minimum absolute atomic E-state index is 0.102. The van der Waals surface area contributed by atoms with Gasteiger partial charge in [0.05, 0.1) is 6.10 Å². The van der Waals surface area contributed by atoms with E-state index < -0.39 is 0 Å². The van der Waals surface area contributed by atoms with Crippen LogP contribution in [-0.4, -0.2) is 11.2 Å². The molecule has 2 aromatic carbocycles. The standard InChI is InChI=1S/C23H33NO/c1-2-3-4-8-14-23(25)15-10-9-11-20-16-18-22(19-17-20)24-21-12-6-5-7-13-21/h5-7,12-13,16-19,23-25H,2-4,8-11,14-15H2,1H3. The minimum Gasteiger partial charge on any atom is -0.393 e. The molecular formula is C23H33NO. The van der Waals surface area contributed by atoms with Crippen LogP contribution >= 0.6 is 0 Å². The molecular weight excluding hydrogens is 306 g/mol. The monoisotopic (exact) mass is 339 g/mol. The van der Waals surface area contributed by atoms with Crippen LogP contribution in [0.25, 0.3) is 0 Å². The number of aliphatic hydroxyl groups is 1. The van der Waals surface area contributed by atoms with Gasteiger partial charge in [-0.2, -0.15) is 0 Å². The Morgan fingerprint density at radius 1 is 0.760 bits per heavy atom. The third-order valence-electron chi connectivity index (χ3n) is 4.66. The first-order chi connectivity index (χ1) is 12.3. The topological polar surface area (TPSA) is 32.3 Å². The second-order valence-corrected chi connectivity index (χ2v) is 6.94. The zero-order valence-electron chi connectivity index (χ0n) is 15.6. The van der Waals surface area contributed by atoms with E-state index in [1.54, 1.807) is 0 Å². The smallest absolute Gasteiger partial charge is 0.0540 e. The van der Waals surface area contributed by atoms with E-state index >= 15 is 0 Å². The summed E-state index contributed by atoms with van der Waals surface area (Å²) in [4.78, 5) is 0. The lowest BCUT2D eigenvalue weighted by molar-refractivity contribution is 0.147.